The normalized spacial score (nSPS) is 26.3. The van der Waals surface area contributed by atoms with Crippen molar-refractivity contribution in [2.75, 3.05) is 4.90 Å². The second-order valence-electron chi connectivity index (χ2n) is 9.29. The van der Waals surface area contributed by atoms with Crippen LogP contribution in [0.15, 0.2) is 103 Å². The molecule has 1 fully saturated rings. The van der Waals surface area contributed by atoms with Crippen molar-refractivity contribution in [3.8, 4) is 11.1 Å². The summed E-state index contributed by atoms with van der Waals surface area (Å²) in [4.78, 5) is 29.4. The third-order valence-corrected chi connectivity index (χ3v) is 9.09. The molecule has 1 heterocycles. The van der Waals surface area contributed by atoms with E-state index in [1.54, 1.807) is 0 Å². The van der Waals surface area contributed by atoms with Crippen LogP contribution < -0.4 is 4.90 Å². The highest BCUT2D eigenvalue weighted by Crippen LogP contribution is 2.66. The van der Waals surface area contributed by atoms with E-state index in [1.165, 1.54) is 4.90 Å². The van der Waals surface area contributed by atoms with Crippen molar-refractivity contribution in [1.29, 1.82) is 0 Å². The molecule has 2 atom stereocenters. The van der Waals surface area contributed by atoms with Crippen LogP contribution in [0.1, 0.15) is 28.2 Å². The number of amides is 2. The average Bonchev–Trinajstić information content (AvgIpc) is 3.16. The number of nitrogens with zero attached hydrogens (tertiary/aromatic N) is 1. The second-order valence-corrected chi connectivity index (χ2v) is 10.5. The molecule has 34 heavy (non-hydrogen) atoms. The van der Waals surface area contributed by atoms with Crippen molar-refractivity contribution in [2.24, 2.45) is 11.8 Å². The largest absolute Gasteiger partial charge is 0.274 e. The Hall–Kier alpha value is -3.50. The summed E-state index contributed by atoms with van der Waals surface area (Å²) in [6, 6.07) is 34.3. The molecule has 164 valence electrons. The van der Waals surface area contributed by atoms with Crippen LogP contribution in [0.4, 0.5) is 5.69 Å². The van der Waals surface area contributed by atoms with Gasteiger partial charge in [-0.3, -0.25) is 9.59 Å². The van der Waals surface area contributed by atoms with Crippen LogP contribution in [0.3, 0.4) is 0 Å². The highest BCUT2D eigenvalue weighted by atomic mass is 79.9. The number of carbonyl (C=O) groups is 2. The number of benzene rings is 4. The van der Waals surface area contributed by atoms with E-state index in [4.69, 9.17) is 0 Å². The maximum absolute atomic E-state index is 14.0. The van der Waals surface area contributed by atoms with Crippen molar-refractivity contribution in [1.82, 2.24) is 0 Å². The molecule has 1 aliphatic heterocycles. The molecule has 4 aromatic rings. The first-order valence-electron chi connectivity index (χ1n) is 11.5. The number of rotatable bonds is 2. The van der Waals surface area contributed by atoms with E-state index in [2.05, 4.69) is 52.3 Å². The van der Waals surface area contributed by atoms with Crippen LogP contribution in [0.25, 0.3) is 11.1 Å². The Kier molecular flexibility index (Phi) is 4.10. The first-order chi connectivity index (χ1) is 16.6. The Morgan fingerprint density at radius 2 is 1.15 bits per heavy atom. The van der Waals surface area contributed by atoms with E-state index in [1.807, 2.05) is 66.7 Å². The molecule has 3 aliphatic carbocycles. The summed E-state index contributed by atoms with van der Waals surface area (Å²) < 4.78 is -0.717. The molecule has 4 heteroatoms. The lowest BCUT2D eigenvalue weighted by Gasteiger charge is -2.51. The van der Waals surface area contributed by atoms with Crippen LogP contribution in [0.2, 0.25) is 0 Å². The number of hydrogen-bond acceptors (Lipinski definition) is 2. The monoisotopic (exact) mass is 505 g/mol. The molecule has 0 spiro atoms. The van der Waals surface area contributed by atoms with Crippen LogP contribution in [0.5, 0.6) is 0 Å². The van der Waals surface area contributed by atoms with Gasteiger partial charge in [0.2, 0.25) is 11.8 Å². The molecule has 4 aromatic carbocycles. The summed E-state index contributed by atoms with van der Waals surface area (Å²) >= 11 is 4.05. The molecule has 2 amide bonds. The SMILES string of the molecule is O=C1[C@@H]2C3c4ccccc4C(Br)(c4ccccc43)[C@H]2C(=O)N1c1ccc(-c2ccccc2)cc1. The highest BCUT2D eigenvalue weighted by Gasteiger charge is 2.67. The van der Waals surface area contributed by atoms with E-state index in [-0.39, 0.29) is 17.7 Å². The Morgan fingerprint density at radius 1 is 0.618 bits per heavy atom. The fourth-order valence-electron chi connectivity index (χ4n) is 6.37. The Balaban J connectivity index is 1.36. The van der Waals surface area contributed by atoms with E-state index in [0.29, 0.717) is 5.69 Å². The Bertz CT molecular complexity index is 1430. The third-order valence-electron chi connectivity index (χ3n) is 7.75. The molecule has 1 saturated heterocycles. The van der Waals surface area contributed by atoms with Crippen molar-refractivity contribution in [3.63, 3.8) is 0 Å². The molecule has 0 radical (unpaired) electrons. The number of carbonyl (C=O) groups excluding carboxylic acids is 2. The number of imide groups is 1. The maximum Gasteiger partial charge on any atom is 0.239 e. The lowest BCUT2D eigenvalue weighted by molar-refractivity contribution is -0.122. The summed E-state index contributed by atoms with van der Waals surface area (Å²) in [6.07, 6.45) is 0. The minimum atomic E-state index is -0.717. The van der Waals surface area contributed by atoms with Gasteiger partial charge in [0.05, 0.1) is 21.8 Å². The predicted octanol–water partition coefficient (Wildman–Crippen LogP) is 6.26. The molecular formula is C30H20BrNO2. The summed E-state index contributed by atoms with van der Waals surface area (Å²) in [7, 11) is 0. The van der Waals surface area contributed by atoms with Gasteiger partial charge in [-0.2, -0.15) is 0 Å². The average molecular weight is 506 g/mol. The van der Waals surface area contributed by atoms with Gasteiger partial charge in [-0.1, -0.05) is 107 Å². The third kappa shape index (κ3) is 2.41. The van der Waals surface area contributed by atoms with Crippen molar-refractivity contribution < 1.29 is 9.59 Å². The van der Waals surface area contributed by atoms with Gasteiger partial charge in [0.25, 0.3) is 0 Å². The van der Waals surface area contributed by atoms with E-state index in [9.17, 15) is 9.59 Å². The van der Waals surface area contributed by atoms with Gasteiger partial charge in [0.15, 0.2) is 0 Å². The lowest BCUT2D eigenvalue weighted by Crippen LogP contribution is -2.50. The predicted molar refractivity (Wildman–Crippen MR) is 136 cm³/mol. The zero-order valence-electron chi connectivity index (χ0n) is 18.2. The van der Waals surface area contributed by atoms with Crippen LogP contribution in [-0.2, 0) is 13.9 Å². The molecule has 0 aromatic heterocycles. The van der Waals surface area contributed by atoms with Gasteiger partial charge in [-0.05, 0) is 45.5 Å². The van der Waals surface area contributed by atoms with E-state index in [0.717, 1.165) is 33.4 Å². The Morgan fingerprint density at radius 3 is 1.76 bits per heavy atom. The molecular weight excluding hydrogens is 486 g/mol. The van der Waals surface area contributed by atoms with Gasteiger partial charge >= 0.3 is 0 Å². The molecule has 8 rings (SSSR count). The first-order valence-corrected chi connectivity index (χ1v) is 12.3. The Labute approximate surface area is 206 Å². The van der Waals surface area contributed by atoms with Gasteiger partial charge in [-0.15, -0.1) is 0 Å². The summed E-state index contributed by atoms with van der Waals surface area (Å²) in [5, 5.41) is 0. The zero-order valence-corrected chi connectivity index (χ0v) is 19.8. The van der Waals surface area contributed by atoms with Gasteiger partial charge < -0.3 is 0 Å². The second kappa shape index (κ2) is 7.00. The van der Waals surface area contributed by atoms with Gasteiger partial charge in [-0.25, -0.2) is 4.90 Å². The lowest BCUT2D eigenvalue weighted by atomic mass is 9.55. The molecule has 3 nitrogen and oxygen atoms in total. The van der Waals surface area contributed by atoms with Gasteiger partial charge in [0, 0.05) is 5.92 Å². The number of alkyl halides is 1. The van der Waals surface area contributed by atoms with Crippen molar-refractivity contribution in [2.45, 2.75) is 10.2 Å². The minimum absolute atomic E-state index is 0.111. The summed E-state index contributed by atoms with van der Waals surface area (Å²) in [5.74, 6) is -1.27. The number of hydrogen-bond donors (Lipinski definition) is 0. The fourth-order valence-corrected chi connectivity index (χ4v) is 7.57. The van der Waals surface area contributed by atoms with Crippen LogP contribution >= 0.6 is 15.9 Å². The molecule has 0 unspecified atom stereocenters. The number of halogens is 1. The molecule has 4 aliphatic rings. The summed E-state index contributed by atoms with van der Waals surface area (Å²) in [6.45, 7) is 0. The van der Waals surface area contributed by atoms with E-state index >= 15 is 0 Å². The maximum atomic E-state index is 14.0. The zero-order chi connectivity index (χ0) is 23.0. The molecule has 2 bridgehead atoms. The fraction of sp³-hybridized carbons (Fsp3) is 0.133. The molecule has 0 N–H and O–H groups in total. The van der Waals surface area contributed by atoms with Crippen LogP contribution in [-0.4, -0.2) is 11.8 Å². The smallest absolute Gasteiger partial charge is 0.239 e. The van der Waals surface area contributed by atoms with E-state index < -0.39 is 16.2 Å². The summed E-state index contributed by atoms with van der Waals surface area (Å²) in [5.41, 5.74) is 7.27. The quantitative estimate of drug-likeness (QED) is 0.238. The van der Waals surface area contributed by atoms with Crippen molar-refractivity contribution in [3.05, 3.63) is 125 Å². The topological polar surface area (TPSA) is 37.4 Å². The molecule has 0 saturated carbocycles. The highest BCUT2D eigenvalue weighted by molar-refractivity contribution is 9.09. The van der Waals surface area contributed by atoms with Crippen molar-refractivity contribution >= 4 is 33.4 Å². The first kappa shape index (κ1) is 19.9. The number of anilines is 1. The minimum Gasteiger partial charge on any atom is -0.274 e. The van der Waals surface area contributed by atoms with Gasteiger partial charge in [0.1, 0.15) is 0 Å². The standard InChI is InChI=1S/C30H20BrNO2/c31-30-23-12-6-4-10-21(23)25(22-11-5-7-13-24(22)30)26-27(30)29(34)32(28(26)33)20-16-14-19(15-17-20)18-8-2-1-3-9-18/h1-17,25-27H/t25?,26-,27-,30?/m1/s1. The van der Waals surface area contributed by atoms with Crippen LogP contribution in [0, 0.1) is 11.8 Å².